The minimum atomic E-state index is -0.626. The quantitative estimate of drug-likeness (QED) is 0.818. The van der Waals surface area contributed by atoms with Crippen LogP contribution in [0.3, 0.4) is 0 Å². The molecule has 1 unspecified atom stereocenters. The Hall–Kier alpha value is -1.88. The van der Waals surface area contributed by atoms with E-state index in [0.717, 1.165) is 12.1 Å². The molecule has 5 heteroatoms. The fraction of sp³-hybridized carbons (Fsp3) is 0.250. The van der Waals surface area contributed by atoms with E-state index in [1.165, 1.54) is 24.3 Å². The summed E-state index contributed by atoms with van der Waals surface area (Å²) in [5.41, 5.74) is 0.869. The predicted octanol–water partition coefficient (Wildman–Crippen LogP) is 4.14. The summed E-state index contributed by atoms with van der Waals surface area (Å²) in [4.78, 5) is 0. The van der Waals surface area contributed by atoms with E-state index < -0.39 is 23.3 Å². The van der Waals surface area contributed by atoms with Crippen LogP contribution >= 0.6 is 0 Å². The lowest BCUT2D eigenvalue weighted by Gasteiger charge is -2.15. The highest BCUT2D eigenvalue weighted by Crippen LogP contribution is 2.17. The number of rotatable bonds is 5. The summed E-state index contributed by atoms with van der Waals surface area (Å²) in [5.74, 6) is -2.49. The van der Waals surface area contributed by atoms with Crippen LogP contribution in [-0.4, -0.2) is 6.54 Å². The van der Waals surface area contributed by atoms with Crippen LogP contribution in [0.2, 0.25) is 0 Å². The second kappa shape index (κ2) is 6.72. The van der Waals surface area contributed by atoms with Crippen LogP contribution in [0, 0.1) is 23.3 Å². The van der Waals surface area contributed by atoms with E-state index in [-0.39, 0.29) is 6.04 Å². The van der Waals surface area contributed by atoms with Crippen molar-refractivity contribution < 1.29 is 17.6 Å². The summed E-state index contributed by atoms with van der Waals surface area (Å²) in [6.07, 6.45) is 0.405. The van der Waals surface area contributed by atoms with Crippen LogP contribution < -0.4 is 5.32 Å². The molecule has 1 atom stereocenters. The molecule has 0 aliphatic carbocycles. The van der Waals surface area contributed by atoms with Crippen molar-refractivity contribution in [3.63, 3.8) is 0 Å². The van der Waals surface area contributed by atoms with E-state index in [2.05, 4.69) is 5.32 Å². The van der Waals surface area contributed by atoms with Crippen molar-refractivity contribution in [2.45, 2.75) is 19.4 Å². The number of hydrogen-bond acceptors (Lipinski definition) is 1. The van der Waals surface area contributed by atoms with Gasteiger partial charge in [-0.1, -0.05) is 6.07 Å². The van der Waals surface area contributed by atoms with Crippen LogP contribution in [0.5, 0.6) is 0 Å². The van der Waals surface area contributed by atoms with Gasteiger partial charge in [0.15, 0.2) is 0 Å². The summed E-state index contributed by atoms with van der Waals surface area (Å²) in [6, 6.07) is 6.40. The Labute approximate surface area is 120 Å². The monoisotopic (exact) mass is 297 g/mol. The maximum atomic E-state index is 13.6. The number of hydrogen-bond donors (Lipinski definition) is 1. The van der Waals surface area contributed by atoms with Crippen LogP contribution in [0.4, 0.5) is 17.6 Å². The van der Waals surface area contributed by atoms with Gasteiger partial charge in [-0.2, -0.15) is 0 Å². The van der Waals surface area contributed by atoms with Gasteiger partial charge < -0.3 is 5.32 Å². The molecular weight excluding hydrogens is 282 g/mol. The molecule has 0 aliphatic rings. The molecule has 0 aliphatic heterocycles. The second-order valence-electron chi connectivity index (χ2n) is 4.87. The molecule has 0 aromatic heterocycles. The van der Waals surface area contributed by atoms with Crippen LogP contribution in [-0.2, 0) is 6.42 Å². The molecule has 0 radical (unpaired) electrons. The number of nitrogens with one attached hydrogen (secondary N) is 1. The fourth-order valence-corrected chi connectivity index (χ4v) is 2.15. The van der Waals surface area contributed by atoms with Crippen LogP contribution in [0.1, 0.15) is 24.1 Å². The number of benzene rings is 2. The van der Waals surface area contributed by atoms with Crippen molar-refractivity contribution in [3.8, 4) is 0 Å². The minimum absolute atomic E-state index is 0.330. The van der Waals surface area contributed by atoms with Gasteiger partial charge in [0, 0.05) is 23.7 Å². The zero-order chi connectivity index (χ0) is 15.4. The smallest absolute Gasteiger partial charge is 0.130 e. The average Bonchev–Trinajstić information content (AvgIpc) is 2.37. The Kier molecular flexibility index (Phi) is 4.96. The zero-order valence-electron chi connectivity index (χ0n) is 11.5. The molecule has 0 heterocycles. The Morgan fingerprint density at radius 2 is 1.57 bits per heavy atom. The molecule has 2 aromatic carbocycles. The Morgan fingerprint density at radius 3 is 2.19 bits per heavy atom. The van der Waals surface area contributed by atoms with E-state index in [9.17, 15) is 17.6 Å². The van der Waals surface area contributed by atoms with Gasteiger partial charge in [0.1, 0.15) is 23.3 Å². The third-order valence-electron chi connectivity index (χ3n) is 3.22. The maximum absolute atomic E-state index is 13.6. The lowest BCUT2D eigenvalue weighted by Crippen LogP contribution is -2.22. The van der Waals surface area contributed by atoms with Crippen LogP contribution in [0.25, 0.3) is 0 Å². The van der Waals surface area contributed by atoms with Gasteiger partial charge in [0.25, 0.3) is 0 Å². The first-order valence-electron chi connectivity index (χ1n) is 6.59. The standard InChI is InChI=1S/C16H15F4N/c1-10(15-3-2-12(17)9-16(15)20)21-5-4-11-6-13(18)8-14(19)7-11/h2-3,6-10,21H,4-5H2,1H3. The van der Waals surface area contributed by atoms with E-state index in [0.29, 0.717) is 24.1 Å². The SMILES string of the molecule is CC(NCCc1cc(F)cc(F)c1)c1ccc(F)cc1F. The Balaban J connectivity index is 1.93. The molecule has 112 valence electrons. The van der Waals surface area contributed by atoms with E-state index in [4.69, 9.17) is 0 Å². The molecule has 2 rings (SSSR count). The van der Waals surface area contributed by atoms with Gasteiger partial charge in [-0.05, 0) is 43.7 Å². The molecule has 21 heavy (non-hydrogen) atoms. The molecule has 0 saturated heterocycles. The summed E-state index contributed by atoms with van der Waals surface area (Å²) in [6.45, 7) is 2.16. The normalized spacial score (nSPS) is 12.4. The highest BCUT2D eigenvalue weighted by molar-refractivity contribution is 5.22. The predicted molar refractivity (Wildman–Crippen MR) is 72.8 cm³/mol. The highest BCUT2D eigenvalue weighted by atomic mass is 19.1. The van der Waals surface area contributed by atoms with Crippen molar-refractivity contribution in [1.82, 2.24) is 5.32 Å². The van der Waals surface area contributed by atoms with Crippen molar-refractivity contribution in [2.24, 2.45) is 0 Å². The maximum Gasteiger partial charge on any atom is 0.130 e. The molecule has 0 saturated carbocycles. The summed E-state index contributed by atoms with van der Waals surface area (Å²) in [5, 5.41) is 3.04. The molecular formula is C16H15F4N. The van der Waals surface area contributed by atoms with E-state index in [1.54, 1.807) is 6.92 Å². The van der Waals surface area contributed by atoms with Crippen molar-refractivity contribution >= 4 is 0 Å². The van der Waals surface area contributed by atoms with Gasteiger partial charge in [-0.15, -0.1) is 0 Å². The van der Waals surface area contributed by atoms with Gasteiger partial charge in [0.2, 0.25) is 0 Å². The third kappa shape index (κ3) is 4.29. The highest BCUT2D eigenvalue weighted by Gasteiger charge is 2.11. The molecule has 0 fully saturated rings. The van der Waals surface area contributed by atoms with Crippen LogP contribution in [0.15, 0.2) is 36.4 Å². The number of halogens is 4. The van der Waals surface area contributed by atoms with Gasteiger partial charge in [0.05, 0.1) is 0 Å². The van der Waals surface area contributed by atoms with Crippen molar-refractivity contribution in [2.75, 3.05) is 6.54 Å². The summed E-state index contributed by atoms with van der Waals surface area (Å²) < 4.78 is 52.5. The van der Waals surface area contributed by atoms with Gasteiger partial charge in [-0.25, -0.2) is 17.6 Å². The largest absolute Gasteiger partial charge is 0.310 e. The average molecular weight is 297 g/mol. The molecule has 1 nitrogen and oxygen atoms in total. The first-order chi connectivity index (χ1) is 9.95. The fourth-order valence-electron chi connectivity index (χ4n) is 2.15. The van der Waals surface area contributed by atoms with E-state index in [1.807, 2.05) is 0 Å². The van der Waals surface area contributed by atoms with Gasteiger partial charge in [-0.3, -0.25) is 0 Å². The second-order valence-corrected chi connectivity index (χ2v) is 4.87. The Morgan fingerprint density at radius 1 is 0.905 bits per heavy atom. The lowest BCUT2D eigenvalue weighted by atomic mass is 10.1. The molecule has 0 amide bonds. The molecule has 1 N–H and O–H groups in total. The molecule has 0 spiro atoms. The first kappa shape index (κ1) is 15.5. The van der Waals surface area contributed by atoms with Crippen molar-refractivity contribution in [1.29, 1.82) is 0 Å². The van der Waals surface area contributed by atoms with Crippen molar-refractivity contribution in [3.05, 3.63) is 70.8 Å². The van der Waals surface area contributed by atoms with E-state index >= 15 is 0 Å². The third-order valence-corrected chi connectivity index (χ3v) is 3.22. The first-order valence-corrected chi connectivity index (χ1v) is 6.59. The zero-order valence-corrected chi connectivity index (χ0v) is 11.5. The van der Waals surface area contributed by atoms with Gasteiger partial charge >= 0.3 is 0 Å². The molecule has 0 bridgehead atoms. The Bertz CT molecular complexity index is 607. The molecule has 2 aromatic rings. The minimum Gasteiger partial charge on any atom is -0.310 e. The summed E-state index contributed by atoms with van der Waals surface area (Å²) in [7, 11) is 0. The topological polar surface area (TPSA) is 12.0 Å². The summed E-state index contributed by atoms with van der Waals surface area (Å²) >= 11 is 0. The lowest BCUT2D eigenvalue weighted by molar-refractivity contribution is 0.519.